The third-order valence-electron chi connectivity index (χ3n) is 6.74. The maximum Gasteiger partial charge on any atom is 0.0971 e. The molecule has 0 spiro atoms. The summed E-state index contributed by atoms with van der Waals surface area (Å²) in [6, 6.07) is 39.6. The molecule has 0 amide bonds. The van der Waals surface area contributed by atoms with Crippen molar-refractivity contribution in [2.24, 2.45) is 0 Å². The molecule has 0 aromatic heterocycles. The molecule has 4 atom stereocenters. The van der Waals surface area contributed by atoms with Gasteiger partial charge in [0.2, 0.25) is 0 Å². The Kier molecular flexibility index (Phi) is 7.12. The van der Waals surface area contributed by atoms with Crippen LogP contribution in [0.15, 0.2) is 133 Å². The Balaban J connectivity index is 1.81. The monoisotopic (exact) mass is 448 g/mol. The highest BCUT2D eigenvalue weighted by atomic mass is 16.3. The van der Waals surface area contributed by atoms with Crippen LogP contribution in [0.2, 0.25) is 0 Å². The number of hydrogen-bond donors (Lipinski definition) is 2. The van der Waals surface area contributed by atoms with Gasteiger partial charge in [-0.2, -0.15) is 0 Å². The van der Waals surface area contributed by atoms with E-state index < -0.39 is 11.2 Å². The summed E-state index contributed by atoms with van der Waals surface area (Å²) in [5.41, 5.74) is 1.44. The second-order valence-corrected chi connectivity index (χ2v) is 9.19. The molecule has 0 aliphatic heterocycles. The summed E-state index contributed by atoms with van der Waals surface area (Å²) < 4.78 is 0. The Labute approximate surface area is 202 Å². The molecule has 0 aliphatic rings. The topological polar surface area (TPSA) is 40.5 Å². The first-order valence-electron chi connectivity index (χ1n) is 11.7. The number of benzene rings is 4. The quantitative estimate of drug-likeness (QED) is 0.287. The summed E-state index contributed by atoms with van der Waals surface area (Å²) in [7, 11) is 0. The van der Waals surface area contributed by atoms with Gasteiger partial charge in [-0.3, -0.25) is 0 Å². The SMILES string of the molecule is C[C@](O)(c1ccccc1)[C@@H](/C=C\[C@H](c1ccccc1)[C@](C)(O)c1ccccc1)c1ccccc1. The van der Waals surface area contributed by atoms with Gasteiger partial charge in [0.1, 0.15) is 0 Å². The van der Waals surface area contributed by atoms with Crippen molar-refractivity contribution in [3.8, 4) is 0 Å². The number of rotatable bonds is 8. The molecule has 4 aromatic rings. The molecule has 2 N–H and O–H groups in total. The van der Waals surface area contributed by atoms with Gasteiger partial charge in [-0.25, -0.2) is 0 Å². The van der Waals surface area contributed by atoms with Crippen molar-refractivity contribution in [1.29, 1.82) is 0 Å². The fourth-order valence-corrected chi connectivity index (χ4v) is 4.70. The zero-order chi connectivity index (χ0) is 24.0. The van der Waals surface area contributed by atoms with Crippen molar-refractivity contribution in [2.45, 2.75) is 36.9 Å². The average molecular weight is 449 g/mol. The van der Waals surface area contributed by atoms with Crippen molar-refractivity contribution in [3.05, 3.63) is 156 Å². The lowest BCUT2D eigenvalue weighted by atomic mass is 9.75. The van der Waals surface area contributed by atoms with Gasteiger partial charge in [0.15, 0.2) is 0 Å². The van der Waals surface area contributed by atoms with Crippen LogP contribution in [0.3, 0.4) is 0 Å². The molecule has 2 nitrogen and oxygen atoms in total. The molecule has 0 fully saturated rings. The third kappa shape index (κ3) is 5.04. The number of aliphatic hydroxyl groups is 2. The third-order valence-corrected chi connectivity index (χ3v) is 6.74. The lowest BCUT2D eigenvalue weighted by molar-refractivity contribution is 0.0360. The minimum atomic E-state index is -1.14. The fraction of sp³-hybridized carbons (Fsp3) is 0.188. The highest BCUT2D eigenvalue weighted by molar-refractivity contribution is 5.38. The largest absolute Gasteiger partial charge is 0.384 e. The smallest absolute Gasteiger partial charge is 0.0971 e. The first kappa shape index (κ1) is 23.7. The Hall–Kier alpha value is -3.46. The van der Waals surface area contributed by atoms with E-state index in [1.165, 1.54) is 0 Å². The van der Waals surface area contributed by atoms with Crippen molar-refractivity contribution in [1.82, 2.24) is 0 Å². The van der Waals surface area contributed by atoms with Crippen molar-refractivity contribution in [2.75, 3.05) is 0 Å². The molecule has 0 bridgehead atoms. The number of hydrogen-bond acceptors (Lipinski definition) is 2. The van der Waals surface area contributed by atoms with Crippen molar-refractivity contribution < 1.29 is 10.2 Å². The summed E-state index contributed by atoms with van der Waals surface area (Å²) in [5.74, 6) is -0.622. The van der Waals surface area contributed by atoms with Crippen molar-refractivity contribution >= 4 is 0 Å². The van der Waals surface area contributed by atoms with E-state index in [4.69, 9.17) is 0 Å². The molecule has 0 saturated carbocycles. The minimum Gasteiger partial charge on any atom is -0.384 e. The first-order chi connectivity index (χ1) is 16.4. The van der Waals surface area contributed by atoms with Crippen LogP contribution in [0, 0.1) is 0 Å². The van der Waals surface area contributed by atoms with Gasteiger partial charge in [-0.05, 0) is 36.1 Å². The van der Waals surface area contributed by atoms with Crippen LogP contribution in [-0.4, -0.2) is 10.2 Å². The van der Waals surface area contributed by atoms with E-state index in [0.29, 0.717) is 0 Å². The van der Waals surface area contributed by atoms with Gasteiger partial charge in [-0.15, -0.1) is 0 Å². The molecule has 0 heterocycles. The zero-order valence-corrected chi connectivity index (χ0v) is 19.8. The maximum absolute atomic E-state index is 11.8. The van der Waals surface area contributed by atoms with Gasteiger partial charge < -0.3 is 10.2 Å². The summed E-state index contributed by atoms with van der Waals surface area (Å²) >= 11 is 0. The van der Waals surface area contributed by atoms with E-state index in [9.17, 15) is 10.2 Å². The Morgan fingerprint density at radius 2 is 0.735 bits per heavy atom. The van der Waals surface area contributed by atoms with Crippen LogP contribution in [0.4, 0.5) is 0 Å². The lowest BCUT2D eigenvalue weighted by Gasteiger charge is -2.35. The van der Waals surface area contributed by atoms with Gasteiger partial charge >= 0.3 is 0 Å². The van der Waals surface area contributed by atoms with Crippen LogP contribution in [0.1, 0.15) is 47.9 Å². The summed E-state index contributed by atoms with van der Waals surface area (Å²) in [4.78, 5) is 0. The standard InChI is InChI=1S/C32H32O2/c1-31(33,27-19-11-5-12-20-27)29(25-15-7-3-8-16-25)23-24-30(26-17-9-4-10-18-26)32(2,34)28-21-13-6-14-22-28/h3-24,29-30,33-34H,1-2H3/b24-23-/t29-,30+,31-,32+. The molecule has 34 heavy (non-hydrogen) atoms. The van der Waals surface area contributed by atoms with Crippen LogP contribution < -0.4 is 0 Å². The zero-order valence-electron chi connectivity index (χ0n) is 19.8. The molecule has 0 unspecified atom stereocenters. The predicted octanol–water partition coefficient (Wildman–Crippen LogP) is 6.93. The summed E-state index contributed by atoms with van der Waals surface area (Å²) in [5, 5.41) is 23.6. The molecule has 0 saturated heterocycles. The Morgan fingerprint density at radius 1 is 0.471 bits per heavy atom. The molecular formula is C32H32O2. The van der Waals surface area contributed by atoms with E-state index in [2.05, 4.69) is 12.2 Å². The van der Waals surface area contributed by atoms with Crippen LogP contribution in [-0.2, 0) is 11.2 Å². The van der Waals surface area contributed by atoms with Gasteiger partial charge in [0.05, 0.1) is 11.2 Å². The van der Waals surface area contributed by atoms with E-state index in [1.54, 1.807) is 0 Å². The summed E-state index contributed by atoms with van der Waals surface area (Å²) in [6.45, 7) is 3.72. The van der Waals surface area contributed by atoms with Gasteiger partial charge in [0, 0.05) is 11.8 Å². The van der Waals surface area contributed by atoms with Crippen molar-refractivity contribution in [3.63, 3.8) is 0 Å². The minimum absolute atomic E-state index is 0.311. The first-order valence-corrected chi connectivity index (χ1v) is 11.7. The molecule has 0 aliphatic carbocycles. The fourth-order valence-electron chi connectivity index (χ4n) is 4.70. The van der Waals surface area contributed by atoms with E-state index in [1.807, 2.05) is 135 Å². The molecule has 4 aromatic carbocycles. The Bertz CT molecular complexity index is 1080. The van der Waals surface area contributed by atoms with E-state index >= 15 is 0 Å². The van der Waals surface area contributed by atoms with Gasteiger partial charge in [0.25, 0.3) is 0 Å². The highest BCUT2D eigenvalue weighted by Gasteiger charge is 2.36. The van der Waals surface area contributed by atoms with Crippen LogP contribution in [0.25, 0.3) is 0 Å². The average Bonchev–Trinajstić information content (AvgIpc) is 2.88. The molecule has 2 heteroatoms. The molecule has 0 radical (unpaired) electrons. The second-order valence-electron chi connectivity index (χ2n) is 9.19. The predicted molar refractivity (Wildman–Crippen MR) is 140 cm³/mol. The van der Waals surface area contributed by atoms with E-state index in [-0.39, 0.29) is 11.8 Å². The Morgan fingerprint density at radius 3 is 1.03 bits per heavy atom. The highest BCUT2D eigenvalue weighted by Crippen LogP contribution is 2.42. The maximum atomic E-state index is 11.8. The molecule has 4 rings (SSSR count). The van der Waals surface area contributed by atoms with Gasteiger partial charge in [-0.1, -0.05) is 133 Å². The van der Waals surface area contributed by atoms with Crippen LogP contribution in [0.5, 0.6) is 0 Å². The molecule has 172 valence electrons. The summed E-state index contributed by atoms with van der Waals surface area (Å²) in [6.07, 6.45) is 4.11. The van der Waals surface area contributed by atoms with Crippen LogP contribution >= 0.6 is 0 Å². The normalized spacial score (nSPS) is 16.9. The lowest BCUT2D eigenvalue weighted by Crippen LogP contribution is -2.31. The van der Waals surface area contributed by atoms with E-state index in [0.717, 1.165) is 22.3 Å². The second kappa shape index (κ2) is 10.2. The molecular weight excluding hydrogens is 416 g/mol.